The molecule has 0 aromatic heterocycles. The van der Waals surface area contributed by atoms with Crippen LogP contribution in [0.2, 0.25) is 0 Å². The van der Waals surface area contributed by atoms with Crippen molar-refractivity contribution in [2.75, 3.05) is 40.6 Å². The quantitative estimate of drug-likeness (QED) is 0.241. The minimum atomic E-state index is -0.598. The van der Waals surface area contributed by atoms with Gasteiger partial charge in [0.2, 0.25) is 0 Å². The molecule has 27 heavy (non-hydrogen) atoms. The molecule has 0 fully saturated rings. The Morgan fingerprint density at radius 2 is 2.04 bits per heavy atom. The maximum Gasteiger partial charge on any atom is 0.349 e. The lowest BCUT2D eigenvalue weighted by Crippen LogP contribution is -2.24. The third kappa shape index (κ3) is 9.05. The van der Waals surface area contributed by atoms with Crippen LogP contribution in [-0.4, -0.2) is 58.8 Å². The summed E-state index contributed by atoms with van der Waals surface area (Å²) in [7, 11) is 3.29. The molecule has 0 saturated heterocycles. The van der Waals surface area contributed by atoms with Crippen LogP contribution in [0.4, 0.5) is 0 Å². The molecule has 1 aliphatic carbocycles. The number of nitrogens with zero attached hydrogens (tertiary/aromatic N) is 1. The van der Waals surface area contributed by atoms with E-state index < -0.39 is 5.97 Å². The van der Waals surface area contributed by atoms with E-state index in [1.807, 2.05) is 26.0 Å². The van der Waals surface area contributed by atoms with Gasteiger partial charge in [-0.05, 0) is 51.2 Å². The third-order valence-electron chi connectivity index (χ3n) is 4.22. The van der Waals surface area contributed by atoms with E-state index in [9.17, 15) is 10.1 Å². The van der Waals surface area contributed by atoms with Crippen LogP contribution in [0.15, 0.2) is 22.9 Å². The van der Waals surface area contributed by atoms with Crippen LogP contribution < -0.4 is 5.32 Å². The van der Waals surface area contributed by atoms with Crippen LogP contribution in [0.1, 0.15) is 39.5 Å². The van der Waals surface area contributed by atoms with Gasteiger partial charge in [0, 0.05) is 33.1 Å². The van der Waals surface area contributed by atoms with Crippen LogP contribution in [0.25, 0.3) is 0 Å². The molecule has 0 radical (unpaired) electrons. The number of esters is 1. The second kappa shape index (κ2) is 13.3. The van der Waals surface area contributed by atoms with Gasteiger partial charge in [-0.25, -0.2) is 4.79 Å². The molecule has 1 aliphatic rings. The number of hydrogen-bond acceptors (Lipinski definition) is 7. The second-order valence-corrected chi connectivity index (χ2v) is 6.60. The molecule has 1 rings (SSSR count). The molecule has 2 unspecified atom stereocenters. The summed E-state index contributed by atoms with van der Waals surface area (Å²) >= 11 is 0. The SMILES string of the molecule is COCCCNC1=C/C(=C(/C#N)C(=O)OCC(C)OCC(C)OC)CCC1. The summed E-state index contributed by atoms with van der Waals surface area (Å²) in [6, 6.07) is 2.00. The largest absolute Gasteiger partial charge is 0.459 e. The molecular formula is C20H32N2O5. The summed E-state index contributed by atoms with van der Waals surface area (Å²) in [4.78, 5) is 12.3. The van der Waals surface area contributed by atoms with Crippen molar-refractivity contribution in [2.24, 2.45) is 0 Å². The van der Waals surface area contributed by atoms with Crippen molar-refractivity contribution in [1.29, 1.82) is 5.26 Å². The first-order valence-corrected chi connectivity index (χ1v) is 9.39. The predicted octanol–water partition coefficient (Wildman–Crippen LogP) is 2.48. The van der Waals surface area contributed by atoms with Gasteiger partial charge in [-0.1, -0.05) is 0 Å². The van der Waals surface area contributed by atoms with Crippen molar-refractivity contribution >= 4 is 5.97 Å². The summed E-state index contributed by atoms with van der Waals surface area (Å²) < 4.78 is 21.0. The second-order valence-electron chi connectivity index (χ2n) is 6.60. The highest BCUT2D eigenvalue weighted by Crippen LogP contribution is 2.24. The van der Waals surface area contributed by atoms with Crippen molar-refractivity contribution < 1.29 is 23.7 Å². The Kier molecular flexibility index (Phi) is 11.4. The van der Waals surface area contributed by atoms with E-state index in [1.165, 1.54) is 0 Å². The predicted molar refractivity (Wildman–Crippen MR) is 102 cm³/mol. The first kappa shape index (κ1) is 23.2. The minimum absolute atomic E-state index is 0.0258. The highest BCUT2D eigenvalue weighted by Gasteiger charge is 2.20. The number of nitriles is 1. The average molecular weight is 380 g/mol. The number of methoxy groups -OCH3 is 2. The van der Waals surface area contributed by atoms with E-state index in [4.69, 9.17) is 18.9 Å². The zero-order valence-electron chi connectivity index (χ0n) is 16.9. The van der Waals surface area contributed by atoms with Gasteiger partial charge < -0.3 is 24.3 Å². The molecule has 0 aromatic carbocycles. The molecule has 0 heterocycles. The van der Waals surface area contributed by atoms with Crippen molar-refractivity contribution in [1.82, 2.24) is 5.32 Å². The molecule has 2 atom stereocenters. The number of carbonyl (C=O) groups is 1. The van der Waals surface area contributed by atoms with E-state index in [0.29, 0.717) is 19.6 Å². The molecule has 7 nitrogen and oxygen atoms in total. The van der Waals surface area contributed by atoms with Crippen LogP contribution in [0.3, 0.4) is 0 Å². The van der Waals surface area contributed by atoms with E-state index in [-0.39, 0.29) is 24.4 Å². The topological polar surface area (TPSA) is 89.8 Å². The average Bonchev–Trinajstić information content (AvgIpc) is 2.68. The molecule has 1 N–H and O–H groups in total. The fourth-order valence-electron chi connectivity index (χ4n) is 2.56. The molecule has 0 aliphatic heterocycles. The zero-order valence-corrected chi connectivity index (χ0v) is 16.9. The Bertz CT molecular complexity index is 565. The number of nitrogens with one attached hydrogen (secondary N) is 1. The highest BCUT2D eigenvalue weighted by molar-refractivity contribution is 5.94. The molecule has 152 valence electrons. The van der Waals surface area contributed by atoms with Crippen LogP contribution in [0.5, 0.6) is 0 Å². The van der Waals surface area contributed by atoms with Crippen LogP contribution >= 0.6 is 0 Å². The summed E-state index contributed by atoms with van der Waals surface area (Å²) in [6.45, 7) is 5.72. The molecule has 0 amide bonds. The van der Waals surface area contributed by atoms with E-state index in [1.54, 1.807) is 14.2 Å². The summed E-state index contributed by atoms with van der Waals surface area (Å²) in [5, 5.41) is 12.8. The highest BCUT2D eigenvalue weighted by atomic mass is 16.6. The van der Waals surface area contributed by atoms with Gasteiger partial charge >= 0.3 is 5.97 Å². The van der Waals surface area contributed by atoms with E-state index in [0.717, 1.165) is 37.1 Å². The normalized spacial score (nSPS) is 18.1. The van der Waals surface area contributed by atoms with Gasteiger partial charge in [0.15, 0.2) is 0 Å². The molecule has 0 spiro atoms. The number of ether oxygens (including phenoxy) is 4. The summed E-state index contributed by atoms with van der Waals surface area (Å²) in [5.41, 5.74) is 1.84. The number of allylic oxidation sites excluding steroid dienone is 3. The summed E-state index contributed by atoms with van der Waals surface area (Å²) in [5.74, 6) is -0.598. The van der Waals surface area contributed by atoms with Gasteiger partial charge in [-0.2, -0.15) is 5.26 Å². The van der Waals surface area contributed by atoms with Crippen LogP contribution in [0, 0.1) is 11.3 Å². The number of hydrogen-bond donors (Lipinski definition) is 1. The zero-order chi connectivity index (χ0) is 20.1. The molecule has 0 saturated carbocycles. The molecule has 0 bridgehead atoms. The van der Waals surface area contributed by atoms with E-state index in [2.05, 4.69) is 5.32 Å². The smallest absolute Gasteiger partial charge is 0.349 e. The third-order valence-corrected chi connectivity index (χ3v) is 4.22. The molecule has 0 aromatic rings. The lowest BCUT2D eigenvalue weighted by atomic mass is 9.95. The Morgan fingerprint density at radius 3 is 2.70 bits per heavy atom. The molecule has 7 heteroatoms. The van der Waals surface area contributed by atoms with Gasteiger partial charge in [0.05, 0.1) is 18.8 Å². The minimum Gasteiger partial charge on any atom is -0.459 e. The van der Waals surface area contributed by atoms with E-state index >= 15 is 0 Å². The summed E-state index contributed by atoms with van der Waals surface area (Å²) in [6.07, 6.45) is 5.01. The fraction of sp³-hybridized carbons (Fsp3) is 0.700. The first-order valence-electron chi connectivity index (χ1n) is 9.39. The Balaban J connectivity index is 2.60. The fourth-order valence-corrected chi connectivity index (χ4v) is 2.56. The Hall–Kier alpha value is -1.88. The number of carbonyl (C=O) groups excluding carboxylic acids is 1. The lowest BCUT2D eigenvalue weighted by molar-refractivity contribution is -0.143. The Labute approximate surface area is 162 Å². The number of rotatable bonds is 12. The van der Waals surface area contributed by atoms with Gasteiger partial charge in [-0.3, -0.25) is 0 Å². The van der Waals surface area contributed by atoms with Crippen molar-refractivity contribution in [2.45, 2.75) is 51.7 Å². The first-order chi connectivity index (χ1) is 13.0. The maximum absolute atomic E-state index is 12.3. The van der Waals surface area contributed by atoms with Gasteiger partial charge in [0.1, 0.15) is 18.2 Å². The van der Waals surface area contributed by atoms with Crippen molar-refractivity contribution in [3.05, 3.63) is 22.9 Å². The standard InChI is InChI=1S/C20H32N2O5/c1-15(25-4)13-26-16(2)14-27-20(23)19(12-21)17-7-5-8-18(11-17)22-9-6-10-24-3/h11,15-16,22H,5-10,13-14H2,1-4H3/b19-17-. The Morgan fingerprint density at radius 1 is 1.26 bits per heavy atom. The van der Waals surface area contributed by atoms with Gasteiger partial charge in [0.25, 0.3) is 0 Å². The van der Waals surface area contributed by atoms with Gasteiger partial charge in [-0.15, -0.1) is 0 Å². The molecular weight excluding hydrogens is 348 g/mol. The van der Waals surface area contributed by atoms with Crippen LogP contribution in [-0.2, 0) is 23.7 Å². The van der Waals surface area contributed by atoms with Crippen molar-refractivity contribution in [3.63, 3.8) is 0 Å². The maximum atomic E-state index is 12.3. The monoisotopic (exact) mass is 380 g/mol. The van der Waals surface area contributed by atoms with Crippen molar-refractivity contribution in [3.8, 4) is 6.07 Å². The lowest BCUT2D eigenvalue weighted by Gasteiger charge is -2.19.